The Morgan fingerprint density at radius 3 is 2.33 bits per heavy atom. The van der Waals surface area contributed by atoms with Gasteiger partial charge in [-0.05, 0) is 6.42 Å². The fourth-order valence-electron chi connectivity index (χ4n) is 0.912. The molecule has 0 aromatic heterocycles. The number of rotatable bonds is 7. The van der Waals surface area contributed by atoms with E-state index in [2.05, 4.69) is 10.7 Å². The molecule has 0 rings (SSSR count). The number of hydrogen-bond acceptors (Lipinski definition) is 5. The van der Waals surface area contributed by atoms with Gasteiger partial charge in [-0.2, -0.15) is 5.90 Å². The van der Waals surface area contributed by atoms with Crippen LogP contribution in [0.15, 0.2) is 0 Å². The molecule has 0 heterocycles. The molecule has 88 valence electrons. The number of nitrogens with two attached hydrogens (primary N) is 1. The normalized spacial score (nSPS) is 14.3. The van der Waals surface area contributed by atoms with Gasteiger partial charge in [0, 0.05) is 18.7 Å². The summed E-state index contributed by atoms with van der Waals surface area (Å²) in [5.74, 6) is 2.78. The number of carboxylic acid groups (broad SMARTS) is 1. The SMILES string of the molecule is NOC(=O)CCCP(=O)(O)CCC(=O)O. The van der Waals surface area contributed by atoms with Crippen molar-refractivity contribution < 1.29 is 29.0 Å². The fourth-order valence-corrected chi connectivity index (χ4v) is 2.33. The molecule has 0 amide bonds. The average molecular weight is 239 g/mol. The molecule has 0 aliphatic carbocycles. The maximum atomic E-state index is 11.3. The maximum absolute atomic E-state index is 11.3. The lowest BCUT2D eigenvalue weighted by Gasteiger charge is -2.08. The zero-order chi connectivity index (χ0) is 11.9. The van der Waals surface area contributed by atoms with E-state index < -0.39 is 19.3 Å². The third-order valence-corrected chi connectivity index (χ3v) is 3.63. The minimum atomic E-state index is -3.44. The lowest BCUT2D eigenvalue weighted by atomic mass is 10.3. The molecule has 0 saturated carbocycles. The summed E-state index contributed by atoms with van der Waals surface area (Å²) in [7, 11) is -3.44. The van der Waals surface area contributed by atoms with Gasteiger partial charge in [0.15, 0.2) is 0 Å². The summed E-state index contributed by atoms with van der Waals surface area (Å²) in [6, 6.07) is 0. The monoisotopic (exact) mass is 239 g/mol. The van der Waals surface area contributed by atoms with Crippen LogP contribution in [0.25, 0.3) is 0 Å². The van der Waals surface area contributed by atoms with Crippen LogP contribution in [0.5, 0.6) is 0 Å². The predicted octanol–water partition coefficient (Wildman–Crippen LogP) is -0.0714. The Labute approximate surface area is 86.6 Å². The van der Waals surface area contributed by atoms with Crippen LogP contribution < -0.4 is 5.90 Å². The number of carbonyl (C=O) groups is 2. The summed E-state index contributed by atoms with van der Waals surface area (Å²) in [5.41, 5.74) is 0. The lowest BCUT2D eigenvalue weighted by molar-refractivity contribution is -0.144. The van der Waals surface area contributed by atoms with Crippen LogP contribution >= 0.6 is 7.37 Å². The molecule has 0 fully saturated rings. The summed E-state index contributed by atoms with van der Waals surface area (Å²) in [4.78, 5) is 33.8. The number of hydrogen-bond donors (Lipinski definition) is 3. The minimum absolute atomic E-state index is 0.0475. The summed E-state index contributed by atoms with van der Waals surface area (Å²) in [6.07, 6.45) is -0.623. The van der Waals surface area contributed by atoms with Crippen molar-refractivity contribution in [3.05, 3.63) is 0 Å². The third kappa shape index (κ3) is 8.11. The van der Waals surface area contributed by atoms with Crippen molar-refractivity contribution in [3.8, 4) is 0 Å². The van der Waals surface area contributed by atoms with Crippen molar-refractivity contribution in [1.29, 1.82) is 0 Å². The lowest BCUT2D eigenvalue weighted by Crippen LogP contribution is -2.10. The highest BCUT2D eigenvalue weighted by molar-refractivity contribution is 7.58. The van der Waals surface area contributed by atoms with Crippen molar-refractivity contribution in [2.75, 3.05) is 12.3 Å². The van der Waals surface area contributed by atoms with Crippen molar-refractivity contribution >= 4 is 19.3 Å². The molecule has 0 aromatic carbocycles. The first-order valence-electron chi connectivity index (χ1n) is 4.29. The standard InChI is InChI=1S/C7H14NO6P/c8-14-7(11)2-1-4-15(12,13)5-3-6(9)10/h1-5,8H2,(H,9,10)(H,12,13). The highest BCUT2D eigenvalue weighted by Gasteiger charge is 2.19. The molecule has 15 heavy (non-hydrogen) atoms. The Morgan fingerprint density at radius 1 is 1.27 bits per heavy atom. The number of aliphatic carboxylic acids is 1. The number of carbonyl (C=O) groups excluding carboxylic acids is 1. The molecule has 4 N–H and O–H groups in total. The molecule has 7 nitrogen and oxygen atoms in total. The summed E-state index contributed by atoms with van der Waals surface area (Å²) in [5, 5.41) is 8.31. The molecular weight excluding hydrogens is 225 g/mol. The van der Waals surface area contributed by atoms with E-state index in [1.165, 1.54) is 0 Å². The van der Waals surface area contributed by atoms with Gasteiger partial charge < -0.3 is 14.8 Å². The summed E-state index contributed by atoms with van der Waals surface area (Å²) in [6.45, 7) is 0. The molecule has 0 aromatic rings. The van der Waals surface area contributed by atoms with Crippen molar-refractivity contribution in [2.45, 2.75) is 19.3 Å². The van der Waals surface area contributed by atoms with Crippen LogP contribution in [0.2, 0.25) is 0 Å². The second-order valence-corrected chi connectivity index (χ2v) is 5.62. The van der Waals surface area contributed by atoms with E-state index in [4.69, 9.17) is 5.11 Å². The first-order chi connectivity index (χ1) is 6.87. The van der Waals surface area contributed by atoms with Crippen molar-refractivity contribution in [3.63, 3.8) is 0 Å². The van der Waals surface area contributed by atoms with Crippen LogP contribution in [0.3, 0.4) is 0 Å². The smallest absolute Gasteiger partial charge is 0.324 e. The van der Waals surface area contributed by atoms with Gasteiger partial charge in [0.05, 0.1) is 6.42 Å². The summed E-state index contributed by atoms with van der Waals surface area (Å²) < 4.78 is 11.3. The highest BCUT2D eigenvalue weighted by Crippen LogP contribution is 2.41. The topological polar surface area (TPSA) is 127 Å². The summed E-state index contributed by atoms with van der Waals surface area (Å²) >= 11 is 0. The van der Waals surface area contributed by atoms with E-state index in [1.54, 1.807) is 0 Å². The van der Waals surface area contributed by atoms with E-state index in [9.17, 15) is 19.0 Å². The predicted molar refractivity (Wildman–Crippen MR) is 51.3 cm³/mol. The van der Waals surface area contributed by atoms with Gasteiger partial charge in [-0.3, -0.25) is 14.2 Å². The van der Waals surface area contributed by atoms with E-state index in [0.29, 0.717) is 0 Å². The Bertz CT molecular complexity index is 279. The second kappa shape index (κ2) is 6.55. The minimum Gasteiger partial charge on any atom is -0.481 e. The van der Waals surface area contributed by atoms with Gasteiger partial charge in [-0.1, -0.05) is 0 Å². The Kier molecular flexibility index (Phi) is 6.15. The Morgan fingerprint density at radius 2 is 1.87 bits per heavy atom. The van der Waals surface area contributed by atoms with Crippen LogP contribution in [-0.4, -0.2) is 34.3 Å². The van der Waals surface area contributed by atoms with Crippen molar-refractivity contribution in [2.24, 2.45) is 5.90 Å². The van der Waals surface area contributed by atoms with Gasteiger partial charge in [-0.25, -0.2) is 0 Å². The maximum Gasteiger partial charge on any atom is 0.324 e. The average Bonchev–Trinajstić information content (AvgIpc) is 2.14. The zero-order valence-electron chi connectivity index (χ0n) is 8.09. The molecular formula is C7H14NO6P. The van der Waals surface area contributed by atoms with E-state index in [1.807, 2.05) is 0 Å². The molecule has 0 aliphatic rings. The third-order valence-electron chi connectivity index (χ3n) is 1.69. The quantitative estimate of drug-likeness (QED) is 0.419. The van der Waals surface area contributed by atoms with Gasteiger partial charge in [-0.15, -0.1) is 0 Å². The molecule has 1 unspecified atom stereocenters. The van der Waals surface area contributed by atoms with E-state index in [-0.39, 0.29) is 31.6 Å². The first-order valence-corrected chi connectivity index (χ1v) is 6.32. The van der Waals surface area contributed by atoms with Gasteiger partial charge in [0.2, 0.25) is 7.37 Å². The van der Waals surface area contributed by atoms with Gasteiger partial charge in [0.1, 0.15) is 0 Å². The largest absolute Gasteiger partial charge is 0.481 e. The Balaban J connectivity index is 3.79. The van der Waals surface area contributed by atoms with E-state index in [0.717, 1.165) is 0 Å². The molecule has 0 bridgehead atoms. The number of carboxylic acids is 1. The molecule has 0 spiro atoms. The Hall–Kier alpha value is -0.910. The van der Waals surface area contributed by atoms with Crippen LogP contribution in [-0.2, 0) is 19.0 Å². The van der Waals surface area contributed by atoms with Crippen LogP contribution in [0.1, 0.15) is 19.3 Å². The first kappa shape index (κ1) is 14.1. The van der Waals surface area contributed by atoms with Crippen LogP contribution in [0, 0.1) is 0 Å². The van der Waals surface area contributed by atoms with Crippen molar-refractivity contribution in [1.82, 2.24) is 0 Å². The van der Waals surface area contributed by atoms with Gasteiger partial charge >= 0.3 is 11.9 Å². The molecule has 1 atom stereocenters. The second-order valence-electron chi connectivity index (χ2n) is 3.03. The molecule has 8 heteroatoms. The van der Waals surface area contributed by atoms with Gasteiger partial charge in [0.25, 0.3) is 0 Å². The molecule has 0 saturated heterocycles. The molecule has 0 aliphatic heterocycles. The fraction of sp³-hybridized carbons (Fsp3) is 0.714. The van der Waals surface area contributed by atoms with E-state index >= 15 is 0 Å². The zero-order valence-corrected chi connectivity index (χ0v) is 8.98. The highest BCUT2D eigenvalue weighted by atomic mass is 31.2. The van der Waals surface area contributed by atoms with Crippen LogP contribution in [0.4, 0.5) is 0 Å². The molecule has 0 radical (unpaired) electrons.